The van der Waals surface area contributed by atoms with Gasteiger partial charge in [-0.15, -0.1) is 0 Å². The van der Waals surface area contributed by atoms with Crippen LogP contribution >= 0.6 is 11.3 Å². The number of amides is 1. The van der Waals surface area contributed by atoms with Crippen molar-refractivity contribution in [2.24, 2.45) is 5.92 Å². The molecule has 1 N–H and O–H groups in total. The summed E-state index contributed by atoms with van der Waals surface area (Å²) in [6, 6.07) is 24.2. The SMILES string of the molecule is O=C(c1cccc2ccccc12)N1CC(CN2CCC(c3ccc(O)cc3)CC2)C(c2ccsc2)C1. The largest absolute Gasteiger partial charge is 0.508 e. The lowest BCUT2D eigenvalue weighted by molar-refractivity contribution is 0.0783. The average Bonchev–Trinajstić information content (AvgIpc) is 3.59. The Bertz CT molecular complexity index is 1320. The van der Waals surface area contributed by atoms with E-state index in [9.17, 15) is 9.90 Å². The van der Waals surface area contributed by atoms with Crippen molar-refractivity contribution in [1.29, 1.82) is 0 Å². The molecule has 4 aromatic rings. The zero-order valence-electron chi connectivity index (χ0n) is 20.4. The Hall–Kier alpha value is -3.15. The molecule has 1 aromatic heterocycles. The molecule has 1 amide bonds. The van der Waals surface area contributed by atoms with Crippen LogP contribution in [0.15, 0.2) is 83.6 Å². The number of likely N-dealkylation sites (tertiary alicyclic amines) is 2. The first-order chi connectivity index (χ1) is 17.7. The summed E-state index contributed by atoms with van der Waals surface area (Å²) >= 11 is 1.75. The van der Waals surface area contributed by atoms with Gasteiger partial charge >= 0.3 is 0 Å². The fraction of sp³-hybridized carbons (Fsp3) is 0.323. The van der Waals surface area contributed by atoms with Crippen molar-refractivity contribution in [3.8, 4) is 5.75 Å². The van der Waals surface area contributed by atoms with Crippen molar-refractivity contribution in [3.05, 3.63) is 100 Å². The molecule has 2 atom stereocenters. The van der Waals surface area contributed by atoms with Crippen molar-refractivity contribution >= 4 is 28.0 Å². The number of phenolic OH excluding ortho intramolecular Hbond substituents is 1. The van der Waals surface area contributed by atoms with E-state index in [1.54, 1.807) is 23.5 Å². The highest BCUT2D eigenvalue weighted by molar-refractivity contribution is 7.08. The van der Waals surface area contributed by atoms with E-state index in [1.807, 2.05) is 24.3 Å². The van der Waals surface area contributed by atoms with Crippen molar-refractivity contribution in [3.63, 3.8) is 0 Å². The van der Waals surface area contributed by atoms with Crippen LogP contribution in [0.1, 0.15) is 46.2 Å². The number of phenols is 1. The Morgan fingerprint density at radius 3 is 2.44 bits per heavy atom. The Morgan fingerprint density at radius 1 is 0.889 bits per heavy atom. The van der Waals surface area contributed by atoms with Gasteiger partial charge in [-0.2, -0.15) is 11.3 Å². The fourth-order valence-corrected chi connectivity index (χ4v) is 6.92. The topological polar surface area (TPSA) is 43.8 Å². The van der Waals surface area contributed by atoms with E-state index >= 15 is 0 Å². The molecule has 3 heterocycles. The summed E-state index contributed by atoms with van der Waals surface area (Å²) in [5, 5.41) is 16.2. The third-order valence-corrected chi connectivity index (χ3v) is 8.87. The van der Waals surface area contributed by atoms with Crippen molar-refractivity contribution < 1.29 is 9.90 Å². The fourth-order valence-electron chi connectivity index (χ4n) is 6.19. The summed E-state index contributed by atoms with van der Waals surface area (Å²) in [6.07, 6.45) is 2.28. The van der Waals surface area contributed by atoms with Crippen LogP contribution in [0, 0.1) is 5.92 Å². The normalized spacial score (nSPS) is 21.3. The third-order valence-electron chi connectivity index (χ3n) is 8.16. The number of benzene rings is 3. The predicted octanol–water partition coefficient (Wildman–Crippen LogP) is 6.34. The van der Waals surface area contributed by atoms with E-state index in [2.05, 4.69) is 57.0 Å². The molecule has 2 aliphatic rings. The van der Waals surface area contributed by atoms with Gasteiger partial charge in [-0.1, -0.05) is 48.5 Å². The molecule has 4 nitrogen and oxygen atoms in total. The van der Waals surface area contributed by atoms with Crippen LogP contribution in [0.4, 0.5) is 0 Å². The van der Waals surface area contributed by atoms with Crippen LogP contribution < -0.4 is 0 Å². The lowest BCUT2D eigenvalue weighted by Crippen LogP contribution is -2.38. The van der Waals surface area contributed by atoms with Crippen molar-refractivity contribution in [2.75, 3.05) is 32.7 Å². The van der Waals surface area contributed by atoms with Crippen molar-refractivity contribution in [1.82, 2.24) is 9.80 Å². The van der Waals surface area contributed by atoms with Gasteiger partial charge in [-0.05, 0) is 94.7 Å². The molecule has 2 fully saturated rings. The monoisotopic (exact) mass is 496 g/mol. The van der Waals surface area contributed by atoms with E-state index in [4.69, 9.17) is 0 Å². The molecule has 0 spiro atoms. The molecule has 6 rings (SSSR count). The molecule has 2 unspecified atom stereocenters. The molecule has 0 saturated carbocycles. The third kappa shape index (κ3) is 4.65. The van der Waals surface area contributed by atoms with E-state index in [1.165, 1.54) is 11.1 Å². The second-order valence-corrected chi connectivity index (χ2v) is 11.1. The minimum atomic E-state index is 0.153. The lowest BCUT2D eigenvalue weighted by Gasteiger charge is -2.34. The van der Waals surface area contributed by atoms with E-state index in [-0.39, 0.29) is 5.91 Å². The molecule has 5 heteroatoms. The van der Waals surface area contributed by atoms with Crippen LogP contribution in [-0.2, 0) is 0 Å². The van der Waals surface area contributed by atoms with Gasteiger partial charge < -0.3 is 14.9 Å². The van der Waals surface area contributed by atoms with Crippen LogP contribution in [0.25, 0.3) is 10.8 Å². The Kier molecular flexibility index (Phi) is 6.51. The van der Waals surface area contributed by atoms with E-state index in [0.717, 1.165) is 61.9 Å². The number of carbonyl (C=O) groups excluding carboxylic acids is 1. The first kappa shape index (κ1) is 23.3. The molecular formula is C31H32N2O2S. The Balaban J connectivity index is 1.17. The quantitative estimate of drug-likeness (QED) is 0.351. The van der Waals surface area contributed by atoms with Gasteiger partial charge in [-0.3, -0.25) is 4.79 Å². The number of piperidine rings is 1. The summed E-state index contributed by atoms with van der Waals surface area (Å²) in [7, 11) is 0. The number of rotatable bonds is 5. The van der Waals surface area contributed by atoms with Gasteiger partial charge in [0.2, 0.25) is 0 Å². The highest BCUT2D eigenvalue weighted by atomic mass is 32.1. The second kappa shape index (κ2) is 10.1. The number of carbonyl (C=O) groups is 1. The molecule has 36 heavy (non-hydrogen) atoms. The molecule has 0 bridgehead atoms. The molecule has 184 valence electrons. The maximum absolute atomic E-state index is 13.7. The summed E-state index contributed by atoms with van der Waals surface area (Å²) in [5.74, 6) is 1.86. The Morgan fingerprint density at radius 2 is 1.67 bits per heavy atom. The van der Waals surface area contributed by atoms with Crippen LogP contribution in [-0.4, -0.2) is 53.5 Å². The number of aromatic hydroxyl groups is 1. The number of fused-ring (bicyclic) bond motifs is 1. The summed E-state index contributed by atoms with van der Waals surface area (Å²) in [4.78, 5) is 18.4. The maximum atomic E-state index is 13.7. The summed E-state index contributed by atoms with van der Waals surface area (Å²) < 4.78 is 0. The molecule has 2 aliphatic heterocycles. The van der Waals surface area contributed by atoms with Crippen LogP contribution in [0.5, 0.6) is 5.75 Å². The molecule has 2 saturated heterocycles. The number of hydrogen-bond acceptors (Lipinski definition) is 4. The zero-order chi connectivity index (χ0) is 24.5. The van der Waals surface area contributed by atoms with Gasteiger partial charge in [0.25, 0.3) is 5.91 Å². The number of nitrogens with zero attached hydrogens (tertiary/aromatic N) is 2. The van der Waals surface area contributed by atoms with Crippen LogP contribution in [0.2, 0.25) is 0 Å². The average molecular weight is 497 g/mol. The maximum Gasteiger partial charge on any atom is 0.254 e. The standard InChI is InChI=1S/C31H32N2O2S/c34-27-10-8-22(9-11-27)23-12-15-32(16-13-23)18-26-19-33(20-30(26)25-14-17-36-21-25)31(35)29-7-3-5-24-4-1-2-6-28(24)29/h1-11,14,17,21,23,26,30,34H,12-13,15-16,18-20H2. The summed E-state index contributed by atoms with van der Waals surface area (Å²) in [5.41, 5.74) is 3.51. The van der Waals surface area contributed by atoms with Gasteiger partial charge in [0.05, 0.1) is 0 Å². The highest BCUT2D eigenvalue weighted by Crippen LogP contribution is 2.37. The summed E-state index contributed by atoms with van der Waals surface area (Å²) in [6.45, 7) is 4.78. The van der Waals surface area contributed by atoms with Crippen molar-refractivity contribution in [2.45, 2.75) is 24.7 Å². The smallest absolute Gasteiger partial charge is 0.254 e. The number of hydrogen-bond donors (Lipinski definition) is 1. The van der Waals surface area contributed by atoms with Gasteiger partial charge in [0.15, 0.2) is 0 Å². The first-order valence-corrected chi connectivity index (χ1v) is 13.9. The first-order valence-electron chi connectivity index (χ1n) is 13.0. The minimum Gasteiger partial charge on any atom is -0.508 e. The van der Waals surface area contributed by atoms with Crippen LogP contribution in [0.3, 0.4) is 0 Å². The zero-order valence-corrected chi connectivity index (χ0v) is 21.2. The predicted molar refractivity (Wildman–Crippen MR) is 147 cm³/mol. The van der Waals surface area contributed by atoms with Gasteiger partial charge in [-0.25, -0.2) is 0 Å². The minimum absolute atomic E-state index is 0.153. The molecule has 0 aliphatic carbocycles. The molecule has 3 aromatic carbocycles. The second-order valence-electron chi connectivity index (χ2n) is 10.3. The van der Waals surface area contributed by atoms with E-state index < -0.39 is 0 Å². The van der Waals surface area contributed by atoms with Gasteiger partial charge in [0.1, 0.15) is 5.75 Å². The van der Waals surface area contributed by atoms with Gasteiger partial charge in [0, 0.05) is 31.1 Å². The highest BCUT2D eigenvalue weighted by Gasteiger charge is 2.38. The molecule has 0 radical (unpaired) electrons. The lowest BCUT2D eigenvalue weighted by atomic mass is 9.87. The Labute approximate surface area is 216 Å². The number of thiophene rings is 1. The molecular weight excluding hydrogens is 464 g/mol. The van der Waals surface area contributed by atoms with E-state index in [0.29, 0.717) is 23.5 Å².